The minimum Gasteiger partial charge on any atom is -0.397 e. The van der Waals surface area contributed by atoms with E-state index >= 15 is 0 Å². The van der Waals surface area contributed by atoms with Gasteiger partial charge in [0.2, 0.25) is 11.8 Å². The van der Waals surface area contributed by atoms with E-state index in [0.29, 0.717) is 29.0 Å². The van der Waals surface area contributed by atoms with Gasteiger partial charge in [-0.25, -0.2) is 0 Å². The Morgan fingerprint density at radius 1 is 1.00 bits per heavy atom. The number of hydrogen-bond donors (Lipinski definition) is 2. The van der Waals surface area contributed by atoms with Gasteiger partial charge in [0.05, 0.1) is 11.4 Å². The molecule has 7 heteroatoms. The summed E-state index contributed by atoms with van der Waals surface area (Å²) in [6, 6.07) is 16.1. The summed E-state index contributed by atoms with van der Waals surface area (Å²) in [4.78, 5) is 39.5. The molecule has 0 aliphatic heterocycles. The second-order valence-corrected chi connectivity index (χ2v) is 8.93. The number of amides is 2. The summed E-state index contributed by atoms with van der Waals surface area (Å²) in [7, 11) is 0. The van der Waals surface area contributed by atoms with E-state index in [1.165, 1.54) is 6.92 Å². The van der Waals surface area contributed by atoms with E-state index in [9.17, 15) is 14.4 Å². The molecule has 0 saturated heterocycles. The van der Waals surface area contributed by atoms with Crippen molar-refractivity contribution in [3.63, 3.8) is 0 Å². The molecule has 0 saturated carbocycles. The molecule has 32 heavy (non-hydrogen) atoms. The van der Waals surface area contributed by atoms with Gasteiger partial charge in [-0.15, -0.1) is 11.3 Å². The van der Waals surface area contributed by atoms with Gasteiger partial charge in [0.25, 0.3) is 0 Å². The molecule has 166 valence electrons. The van der Waals surface area contributed by atoms with Crippen LogP contribution in [0.3, 0.4) is 0 Å². The predicted molar refractivity (Wildman–Crippen MR) is 130 cm³/mol. The molecule has 0 fully saturated rings. The zero-order valence-corrected chi connectivity index (χ0v) is 19.2. The van der Waals surface area contributed by atoms with Crippen LogP contribution in [0.4, 0.5) is 17.1 Å². The summed E-state index contributed by atoms with van der Waals surface area (Å²) in [5.41, 5.74) is 14.6. The lowest BCUT2D eigenvalue weighted by molar-refractivity contribution is -0.123. The third-order valence-corrected chi connectivity index (χ3v) is 6.45. The summed E-state index contributed by atoms with van der Waals surface area (Å²) in [5, 5.41) is 1.99. The number of benzene rings is 2. The number of ketones is 1. The normalized spacial score (nSPS) is 12.7. The molecular formula is C25H27N3O3S. The van der Waals surface area contributed by atoms with Gasteiger partial charge in [0.1, 0.15) is 5.78 Å². The van der Waals surface area contributed by atoms with Crippen molar-refractivity contribution >= 4 is 46.0 Å². The number of rotatable bonds is 8. The fraction of sp³-hybridized carbons (Fsp3) is 0.240. The van der Waals surface area contributed by atoms with Crippen molar-refractivity contribution < 1.29 is 14.4 Å². The van der Waals surface area contributed by atoms with Crippen molar-refractivity contribution in [2.24, 2.45) is 17.6 Å². The Kier molecular flexibility index (Phi) is 7.10. The maximum Gasteiger partial charge on any atom is 0.248 e. The Balaban J connectivity index is 2.08. The third-order valence-electron chi connectivity index (χ3n) is 5.53. The maximum absolute atomic E-state index is 13.6. The van der Waals surface area contributed by atoms with Crippen LogP contribution in [0.2, 0.25) is 0 Å². The first-order chi connectivity index (χ1) is 15.2. The number of carbonyl (C=O) groups is 3. The Labute approximate surface area is 191 Å². The number of Topliss-reactive ketones (excluding diaryl/α,β-unsaturated/α-hetero) is 1. The zero-order chi connectivity index (χ0) is 23.4. The molecule has 2 amide bonds. The molecule has 0 radical (unpaired) electrons. The van der Waals surface area contributed by atoms with Crippen molar-refractivity contribution in [3.05, 3.63) is 65.5 Å². The molecule has 2 aromatic carbocycles. The molecule has 6 nitrogen and oxygen atoms in total. The maximum atomic E-state index is 13.6. The van der Waals surface area contributed by atoms with Crippen LogP contribution in [0.5, 0.6) is 0 Å². The van der Waals surface area contributed by atoms with Crippen LogP contribution in [0.25, 0.3) is 10.4 Å². The Hall–Kier alpha value is -3.45. The molecule has 2 atom stereocenters. The molecule has 3 rings (SSSR count). The minimum atomic E-state index is -0.544. The van der Waals surface area contributed by atoms with Crippen molar-refractivity contribution in [2.75, 3.05) is 10.6 Å². The van der Waals surface area contributed by atoms with Crippen molar-refractivity contribution in [1.82, 2.24) is 0 Å². The number of carbonyl (C=O) groups excluding carboxylic acids is 3. The van der Waals surface area contributed by atoms with Gasteiger partial charge in [0.15, 0.2) is 0 Å². The molecule has 4 N–H and O–H groups in total. The van der Waals surface area contributed by atoms with E-state index in [1.807, 2.05) is 43.5 Å². The van der Waals surface area contributed by atoms with E-state index < -0.39 is 11.8 Å². The highest BCUT2D eigenvalue weighted by atomic mass is 32.1. The van der Waals surface area contributed by atoms with E-state index in [-0.39, 0.29) is 17.6 Å². The van der Waals surface area contributed by atoms with E-state index in [4.69, 9.17) is 11.5 Å². The number of primary amides is 1. The van der Waals surface area contributed by atoms with Gasteiger partial charge >= 0.3 is 0 Å². The van der Waals surface area contributed by atoms with Gasteiger partial charge in [-0.3, -0.25) is 19.3 Å². The number of hydrogen-bond acceptors (Lipinski definition) is 5. The highest BCUT2D eigenvalue weighted by molar-refractivity contribution is 7.13. The molecule has 3 aromatic rings. The number of nitrogens with two attached hydrogens (primary N) is 2. The Bertz CT molecular complexity index is 1120. The molecule has 0 bridgehead atoms. The summed E-state index contributed by atoms with van der Waals surface area (Å²) in [5.74, 6) is -1.34. The van der Waals surface area contributed by atoms with E-state index in [2.05, 4.69) is 0 Å². The van der Waals surface area contributed by atoms with Crippen LogP contribution in [-0.4, -0.2) is 17.6 Å². The van der Waals surface area contributed by atoms with Crippen molar-refractivity contribution in [3.8, 4) is 10.4 Å². The first-order valence-electron chi connectivity index (χ1n) is 10.4. The topological polar surface area (TPSA) is 106 Å². The molecule has 1 aromatic heterocycles. The second kappa shape index (κ2) is 9.78. The fourth-order valence-corrected chi connectivity index (χ4v) is 4.23. The average molecular weight is 450 g/mol. The largest absolute Gasteiger partial charge is 0.397 e. The highest BCUT2D eigenvalue weighted by Crippen LogP contribution is 2.37. The SMILES string of the molecule is CC(=O)C(C)CC(C)C(=O)N(c1ccc(C(N)=O)cc1)c1cc(-c2cccs2)ccc1N. The monoisotopic (exact) mass is 449 g/mol. The second-order valence-electron chi connectivity index (χ2n) is 7.98. The van der Waals surface area contributed by atoms with Crippen LogP contribution < -0.4 is 16.4 Å². The highest BCUT2D eigenvalue weighted by Gasteiger charge is 2.27. The molecular weight excluding hydrogens is 422 g/mol. The van der Waals surface area contributed by atoms with Crippen LogP contribution in [0, 0.1) is 11.8 Å². The zero-order valence-electron chi connectivity index (χ0n) is 18.4. The first kappa shape index (κ1) is 23.2. The molecule has 0 aliphatic rings. The lowest BCUT2D eigenvalue weighted by Crippen LogP contribution is -2.33. The standard InChI is InChI=1S/C25H27N3O3S/c1-15(17(3)29)13-16(2)25(31)28(20-9-6-18(7-10-20)24(27)30)22-14-19(8-11-21(22)26)23-5-4-12-32-23/h4-12,14-16H,13,26H2,1-3H3,(H2,27,30). The summed E-state index contributed by atoms with van der Waals surface area (Å²) >= 11 is 1.60. The number of nitrogens with zero attached hydrogens (tertiary/aromatic N) is 1. The van der Waals surface area contributed by atoms with Gasteiger partial charge in [0, 0.05) is 28.0 Å². The van der Waals surface area contributed by atoms with Crippen molar-refractivity contribution in [2.45, 2.75) is 27.2 Å². The van der Waals surface area contributed by atoms with E-state index in [1.54, 1.807) is 46.6 Å². The van der Waals surface area contributed by atoms with Gasteiger partial charge < -0.3 is 11.5 Å². The van der Waals surface area contributed by atoms with Crippen LogP contribution in [-0.2, 0) is 9.59 Å². The predicted octanol–water partition coefficient (Wildman–Crippen LogP) is 5.01. The Morgan fingerprint density at radius 2 is 1.69 bits per heavy atom. The number of anilines is 3. The van der Waals surface area contributed by atoms with E-state index in [0.717, 1.165) is 10.4 Å². The first-order valence-corrected chi connectivity index (χ1v) is 11.2. The number of nitrogen functional groups attached to an aromatic ring is 1. The molecule has 1 heterocycles. The quantitative estimate of drug-likeness (QED) is 0.471. The van der Waals surface area contributed by atoms with Crippen LogP contribution in [0.15, 0.2) is 60.0 Å². The summed E-state index contributed by atoms with van der Waals surface area (Å²) < 4.78 is 0. The van der Waals surface area contributed by atoms with Crippen LogP contribution >= 0.6 is 11.3 Å². The van der Waals surface area contributed by atoms with Crippen LogP contribution in [0.1, 0.15) is 37.6 Å². The lowest BCUT2D eigenvalue weighted by atomic mass is 9.93. The smallest absolute Gasteiger partial charge is 0.248 e. The van der Waals surface area contributed by atoms with Gasteiger partial charge in [-0.05, 0) is 66.8 Å². The average Bonchev–Trinajstić information content (AvgIpc) is 3.30. The molecule has 2 unspecified atom stereocenters. The van der Waals surface area contributed by atoms with Gasteiger partial charge in [-0.1, -0.05) is 26.0 Å². The minimum absolute atomic E-state index is 0.0428. The summed E-state index contributed by atoms with van der Waals surface area (Å²) in [6.07, 6.45) is 0.425. The van der Waals surface area contributed by atoms with Gasteiger partial charge in [-0.2, -0.15) is 0 Å². The number of thiophene rings is 1. The fourth-order valence-electron chi connectivity index (χ4n) is 3.51. The Morgan fingerprint density at radius 3 is 2.25 bits per heavy atom. The lowest BCUT2D eigenvalue weighted by Gasteiger charge is -2.28. The van der Waals surface area contributed by atoms with Crippen molar-refractivity contribution in [1.29, 1.82) is 0 Å². The molecule has 0 aliphatic carbocycles. The summed E-state index contributed by atoms with van der Waals surface area (Å²) in [6.45, 7) is 5.17. The third kappa shape index (κ3) is 5.06. The molecule has 0 spiro atoms.